The maximum atomic E-state index is 3.44. The van der Waals surface area contributed by atoms with Gasteiger partial charge in [-0.15, -0.1) is 6.92 Å². The van der Waals surface area contributed by atoms with Crippen LogP contribution in [-0.4, -0.2) is 0 Å². The Labute approximate surface area is 156 Å². The second kappa shape index (κ2) is 8.48. The van der Waals surface area contributed by atoms with Gasteiger partial charge in [0.2, 0.25) is 0 Å². The van der Waals surface area contributed by atoms with E-state index in [4.69, 9.17) is 0 Å². The molecule has 23 heavy (non-hydrogen) atoms. The molecule has 118 valence electrons. The standard InChI is InChI=1S/C12H10.C10H15.Ti/c1-3-7-11(8-4-1)12-9-5-2-6-10-12;1-7-6-10(4,5)9(3)8(7)2;/h1-10H;1-5H3;/q;-1;. The van der Waals surface area contributed by atoms with Crippen LogP contribution >= 0.6 is 0 Å². The molecule has 2 aromatic carbocycles. The summed E-state index contributed by atoms with van der Waals surface area (Å²) in [5.74, 6) is 0. The second-order valence-corrected chi connectivity index (χ2v) is 6.36. The first-order valence-electron chi connectivity index (χ1n) is 7.82. The Balaban J connectivity index is 0.000000224. The molecule has 1 heteroatoms. The monoisotopic (exact) mass is 337 g/mol. The molecule has 0 radical (unpaired) electrons. The van der Waals surface area contributed by atoms with Crippen LogP contribution in [0.3, 0.4) is 0 Å². The SMILES string of the molecule is CC1=[C-]C(C)(C)C(C)=C1C.[Ti].c1ccc(-c2ccccc2)cc1. The van der Waals surface area contributed by atoms with Crippen molar-refractivity contribution in [2.75, 3.05) is 0 Å². The predicted octanol–water partition coefficient (Wildman–Crippen LogP) is 6.46. The molecule has 1 aliphatic carbocycles. The van der Waals surface area contributed by atoms with Crippen LogP contribution in [0.25, 0.3) is 11.1 Å². The van der Waals surface area contributed by atoms with Crippen LogP contribution in [0.5, 0.6) is 0 Å². The largest absolute Gasteiger partial charge is 0.263 e. The van der Waals surface area contributed by atoms with Crippen molar-refractivity contribution in [3.05, 3.63) is 83.5 Å². The van der Waals surface area contributed by atoms with Crippen LogP contribution in [0.4, 0.5) is 0 Å². The van der Waals surface area contributed by atoms with Crippen molar-refractivity contribution >= 4 is 0 Å². The van der Waals surface area contributed by atoms with Gasteiger partial charge in [0.15, 0.2) is 0 Å². The van der Waals surface area contributed by atoms with Crippen molar-refractivity contribution < 1.29 is 21.7 Å². The molecule has 0 spiro atoms. The summed E-state index contributed by atoms with van der Waals surface area (Å²) < 4.78 is 0. The van der Waals surface area contributed by atoms with Crippen LogP contribution in [-0.2, 0) is 21.7 Å². The summed E-state index contributed by atoms with van der Waals surface area (Å²) in [5.41, 5.74) is 6.95. The second-order valence-electron chi connectivity index (χ2n) is 6.36. The molecule has 0 unspecified atom stereocenters. The fraction of sp³-hybridized carbons (Fsp3) is 0.273. The van der Waals surface area contributed by atoms with Crippen LogP contribution in [0.1, 0.15) is 34.6 Å². The third-order valence-electron chi connectivity index (χ3n) is 4.44. The summed E-state index contributed by atoms with van der Waals surface area (Å²) in [6.45, 7) is 10.9. The van der Waals surface area contributed by atoms with E-state index in [-0.39, 0.29) is 27.1 Å². The van der Waals surface area contributed by atoms with Gasteiger partial charge in [-0.3, -0.25) is 6.08 Å². The normalized spacial score (nSPS) is 15.3. The molecule has 0 fully saturated rings. The number of hydrogen-bond donors (Lipinski definition) is 0. The predicted molar refractivity (Wildman–Crippen MR) is 96.5 cm³/mol. The first-order chi connectivity index (χ1) is 10.4. The molecular weight excluding hydrogens is 312 g/mol. The zero-order valence-corrected chi connectivity index (χ0v) is 16.3. The van der Waals surface area contributed by atoms with Crippen molar-refractivity contribution in [2.45, 2.75) is 34.6 Å². The number of hydrogen-bond acceptors (Lipinski definition) is 0. The maximum Gasteiger partial charge on any atom is 0 e. The Morgan fingerprint density at radius 3 is 1.30 bits per heavy atom. The molecule has 0 heterocycles. The Kier molecular flexibility index (Phi) is 7.25. The average Bonchev–Trinajstić information content (AvgIpc) is 2.72. The first kappa shape index (κ1) is 19.7. The molecule has 0 N–H and O–H groups in total. The Bertz CT molecular complexity index is 639. The Morgan fingerprint density at radius 1 is 0.696 bits per heavy atom. The van der Waals surface area contributed by atoms with Gasteiger partial charge in [-0.2, -0.15) is 11.1 Å². The molecule has 0 amide bonds. The fourth-order valence-corrected chi connectivity index (χ4v) is 2.67. The molecule has 0 atom stereocenters. The van der Waals surface area contributed by atoms with Gasteiger partial charge in [-0.1, -0.05) is 93.8 Å². The minimum absolute atomic E-state index is 0. The summed E-state index contributed by atoms with van der Waals surface area (Å²) in [4.78, 5) is 0. The van der Waals surface area contributed by atoms with E-state index in [9.17, 15) is 0 Å². The molecule has 0 nitrogen and oxygen atoms in total. The molecule has 0 aliphatic heterocycles. The van der Waals surface area contributed by atoms with Crippen molar-refractivity contribution in [3.8, 4) is 11.1 Å². The van der Waals surface area contributed by atoms with Crippen LogP contribution in [0.15, 0.2) is 77.4 Å². The van der Waals surface area contributed by atoms with Crippen molar-refractivity contribution in [3.63, 3.8) is 0 Å². The molecule has 2 aromatic rings. The van der Waals surface area contributed by atoms with Crippen molar-refractivity contribution in [2.24, 2.45) is 5.41 Å². The Hall–Kier alpha value is -1.37. The molecule has 1 aliphatic rings. The van der Waals surface area contributed by atoms with E-state index in [0.717, 1.165) is 0 Å². The third-order valence-corrected chi connectivity index (χ3v) is 4.44. The molecular formula is C22H25Ti-. The van der Waals surface area contributed by atoms with Crippen LogP contribution in [0.2, 0.25) is 0 Å². The summed E-state index contributed by atoms with van der Waals surface area (Å²) in [7, 11) is 0. The van der Waals surface area contributed by atoms with Gasteiger partial charge in [0.1, 0.15) is 0 Å². The average molecular weight is 337 g/mol. The van der Waals surface area contributed by atoms with Gasteiger partial charge in [0, 0.05) is 21.7 Å². The number of benzene rings is 2. The molecule has 0 aromatic heterocycles. The molecule has 0 saturated carbocycles. The van der Waals surface area contributed by atoms with Crippen molar-refractivity contribution in [1.82, 2.24) is 0 Å². The van der Waals surface area contributed by atoms with E-state index in [1.54, 1.807) is 0 Å². The fourth-order valence-electron chi connectivity index (χ4n) is 2.67. The van der Waals surface area contributed by atoms with Crippen LogP contribution < -0.4 is 0 Å². The van der Waals surface area contributed by atoms with E-state index in [0.29, 0.717) is 0 Å². The van der Waals surface area contributed by atoms with Gasteiger partial charge in [0.25, 0.3) is 0 Å². The molecule has 0 saturated heterocycles. The topological polar surface area (TPSA) is 0 Å². The zero-order valence-electron chi connectivity index (χ0n) is 14.8. The van der Waals surface area contributed by atoms with E-state index >= 15 is 0 Å². The Morgan fingerprint density at radius 2 is 1.09 bits per heavy atom. The molecule has 0 bridgehead atoms. The van der Waals surface area contributed by atoms with Gasteiger partial charge >= 0.3 is 0 Å². The smallest absolute Gasteiger partial charge is 0 e. The van der Waals surface area contributed by atoms with E-state index < -0.39 is 0 Å². The maximum absolute atomic E-state index is 3.44. The summed E-state index contributed by atoms with van der Waals surface area (Å²) in [6.07, 6.45) is 3.44. The van der Waals surface area contributed by atoms with E-state index in [1.165, 1.54) is 27.8 Å². The van der Waals surface area contributed by atoms with Crippen LogP contribution in [0, 0.1) is 11.5 Å². The van der Waals surface area contributed by atoms with Gasteiger partial charge in [-0.25, -0.2) is 5.57 Å². The van der Waals surface area contributed by atoms with E-state index in [1.807, 2.05) is 12.1 Å². The minimum Gasteiger partial charge on any atom is -0.263 e. The summed E-state index contributed by atoms with van der Waals surface area (Å²) >= 11 is 0. The molecule has 3 rings (SSSR count). The van der Waals surface area contributed by atoms with E-state index in [2.05, 4.69) is 89.2 Å². The number of rotatable bonds is 1. The quantitative estimate of drug-likeness (QED) is 0.413. The van der Waals surface area contributed by atoms with Crippen molar-refractivity contribution in [1.29, 1.82) is 0 Å². The van der Waals surface area contributed by atoms with Gasteiger partial charge in [-0.05, 0) is 11.1 Å². The summed E-state index contributed by atoms with van der Waals surface area (Å²) in [5, 5.41) is 0. The van der Waals surface area contributed by atoms with Gasteiger partial charge in [0.05, 0.1) is 0 Å². The third kappa shape index (κ3) is 5.06. The van der Waals surface area contributed by atoms with Gasteiger partial charge < -0.3 is 0 Å². The minimum atomic E-state index is 0. The number of allylic oxidation sites excluding steroid dienone is 4. The first-order valence-corrected chi connectivity index (χ1v) is 7.82. The summed E-state index contributed by atoms with van der Waals surface area (Å²) in [6, 6.07) is 20.8. The zero-order chi connectivity index (χ0) is 16.2.